The van der Waals surface area contributed by atoms with Crippen molar-refractivity contribution in [3.8, 4) is 5.75 Å². The normalized spacial score (nSPS) is 19.4. The highest BCUT2D eigenvalue weighted by atomic mass is 19.1. The third-order valence-electron chi connectivity index (χ3n) is 4.09. The number of hydrogen-bond acceptors (Lipinski definition) is 2. The smallest absolute Gasteiger partial charge is 0.125 e. The molecule has 0 aliphatic carbocycles. The molecule has 0 saturated heterocycles. The second kappa shape index (κ2) is 5.73. The number of rotatable bonds is 3. The van der Waals surface area contributed by atoms with Gasteiger partial charge < -0.3 is 10.1 Å². The van der Waals surface area contributed by atoms with Crippen LogP contribution >= 0.6 is 0 Å². The van der Waals surface area contributed by atoms with Gasteiger partial charge in [-0.25, -0.2) is 4.39 Å². The summed E-state index contributed by atoms with van der Waals surface area (Å²) in [6.07, 6.45) is 0.907. The minimum absolute atomic E-state index is 0.193. The number of aryl methyl sites for hydroxylation is 1. The molecule has 2 nitrogen and oxygen atoms in total. The maximum absolute atomic E-state index is 13.0. The summed E-state index contributed by atoms with van der Waals surface area (Å²) in [6.45, 7) is 7.02. The van der Waals surface area contributed by atoms with Gasteiger partial charge in [-0.05, 0) is 50.1 Å². The highest BCUT2D eigenvalue weighted by Gasteiger charge is 2.33. The molecule has 1 aliphatic rings. The van der Waals surface area contributed by atoms with Gasteiger partial charge in [-0.2, -0.15) is 0 Å². The summed E-state index contributed by atoms with van der Waals surface area (Å²) in [4.78, 5) is 0. The fourth-order valence-electron chi connectivity index (χ4n) is 2.98. The minimum Gasteiger partial charge on any atom is -0.487 e. The van der Waals surface area contributed by atoms with E-state index in [0.29, 0.717) is 6.54 Å². The Morgan fingerprint density at radius 2 is 1.91 bits per heavy atom. The molecule has 3 rings (SSSR count). The first-order valence-electron chi connectivity index (χ1n) is 7.70. The van der Waals surface area contributed by atoms with Crippen LogP contribution in [0.2, 0.25) is 0 Å². The van der Waals surface area contributed by atoms with E-state index in [4.69, 9.17) is 4.74 Å². The first-order chi connectivity index (χ1) is 10.4. The SMILES string of the molecule is Cc1ccc2c(c1)OC(C)(C)CC2NCc1ccc(F)cc1. The van der Waals surface area contributed by atoms with Gasteiger partial charge in [-0.3, -0.25) is 0 Å². The van der Waals surface area contributed by atoms with Crippen LogP contribution in [0.4, 0.5) is 4.39 Å². The zero-order valence-electron chi connectivity index (χ0n) is 13.3. The number of halogens is 1. The quantitative estimate of drug-likeness (QED) is 0.899. The summed E-state index contributed by atoms with van der Waals surface area (Å²) in [7, 11) is 0. The van der Waals surface area contributed by atoms with Crippen LogP contribution in [0.5, 0.6) is 5.75 Å². The predicted molar refractivity (Wildman–Crippen MR) is 86.5 cm³/mol. The fourth-order valence-corrected chi connectivity index (χ4v) is 2.98. The number of hydrogen-bond donors (Lipinski definition) is 1. The van der Waals surface area contributed by atoms with Crippen molar-refractivity contribution >= 4 is 0 Å². The molecular formula is C19H22FNO. The van der Waals surface area contributed by atoms with Crippen molar-refractivity contribution in [2.24, 2.45) is 0 Å². The van der Waals surface area contributed by atoms with Crippen LogP contribution in [0.15, 0.2) is 42.5 Å². The van der Waals surface area contributed by atoms with Crippen molar-refractivity contribution < 1.29 is 9.13 Å². The van der Waals surface area contributed by atoms with Crippen LogP contribution in [-0.4, -0.2) is 5.60 Å². The Kier molecular flexibility index (Phi) is 3.92. The molecule has 116 valence electrons. The van der Waals surface area contributed by atoms with Crippen molar-refractivity contribution in [2.45, 2.75) is 45.4 Å². The van der Waals surface area contributed by atoms with Crippen LogP contribution in [-0.2, 0) is 6.54 Å². The van der Waals surface area contributed by atoms with E-state index >= 15 is 0 Å². The standard InChI is InChI=1S/C19H22FNO/c1-13-4-9-16-17(11-19(2,3)22-18(16)10-13)21-12-14-5-7-15(20)8-6-14/h4-10,17,21H,11-12H2,1-3H3. The highest BCUT2D eigenvalue weighted by molar-refractivity contribution is 5.41. The molecular weight excluding hydrogens is 277 g/mol. The Hall–Kier alpha value is -1.87. The maximum Gasteiger partial charge on any atom is 0.125 e. The Morgan fingerprint density at radius 3 is 2.64 bits per heavy atom. The largest absolute Gasteiger partial charge is 0.487 e. The molecule has 0 radical (unpaired) electrons. The molecule has 0 amide bonds. The molecule has 0 spiro atoms. The molecule has 1 unspecified atom stereocenters. The Balaban J connectivity index is 1.79. The van der Waals surface area contributed by atoms with Crippen LogP contribution in [0.3, 0.4) is 0 Å². The molecule has 0 fully saturated rings. The van der Waals surface area contributed by atoms with Crippen molar-refractivity contribution in [3.63, 3.8) is 0 Å². The topological polar surface area (TPSA) is 21.3 Å². The van der Waals surface area contributed by atoms with E-state index in [1.54, 1.807) is 0 Å². The Bertz CT molecular complexity index is 664. The zero-order valence-corrected chi connectivity index (χ0v) is 13.3. The van der Waals surface area contributed by atoms with Gasteiger partial charge in [0.2, 0.25) is 0 Å². The van der Waals surface area contributed by atoms with Gasteiger partial charge in [-0.1, -0.05) is 24.3 Å². The molecule has 0 saturated carbocycles. The molecule has 1 aliphatic heterocycles. The molecule has 0 aromatic heterocycles. The van der Waals surface area contributed by atoms with E-state index in [0.717, 1.165) is 17.7 Å². The highest BCUT2D eigenvalue weighted by Crippen LogP contribution is 2.39. The third-order valence-corrected chi connectivity index (χ3v) is 4.09. The molecule has 1 N–H and O–H groups in total. The summed E-state index contributed by atoms with van der Waals surface area (Å²) < 4.78 is 19.1. The summed E-state index contributed by atoms with van der Waals surface area (Å²) in [6, 6.07) is 13.2. The lowest BCUT2D eigenvalue weighted by Crippen LogP contribution is -2.39. The lowest BCUT2D eigenvalue weighted by Gasteiger charge is -2.38. The third kappa shape index (κ3) is 3.30. The fraction of sp³-hybridized carbons (Fsp3) is 0.368. The average Bonchev–Trinajstić information content (AvgIpc) is 2.44. The molecule has 0 bridgehead atoms. The number of benzene rings is 2. The van der Waals surface area contributed by atoms with Crippen LogP contribution in [0.1, 0.15) is 43.0 Å². The van der Waals surface area contributed by atoms with Crippen LogP contribution in [0.25, 0.3) is 0 Å². The lowest BCUT2D eigenvalue weighted by atomic mass is 9.89. The van der Waals surface area contributed by atoms with E-state index in [-0.39, 0.29) is 17.5 Å². The molecule has 3 heteroatoms. The predicted octanol–water partition coefficient (Wildman–Crippen LogP) is 4.53. The van der Waals surface area contributed by atoms with Crippen LogP contribution < -0.4 is 10.1 Å². The van der Waals surface area contributed by atoms with Crippen molar-refractivity contribution in [1.82, 2.24) is 5.32 Å². The van der Waals surface area contributed by atoms with E-state index < -0.39 is 0 Å². The average molecular weight is 299 g/mol. The Morgan fingerprint density at radius 1 is 1.18 bits per heavy atom. The summed E-state index contributed by atoms with van der Waals surface area (Å²) in [5.74, 6) is 0.768. The monoisotopic (exact) mass is 299 g/mol. The molecule has 2 aromatic rings. The lowest BCUT2D eigenvalue weighted by molar-refractivity contribution is 0.0656. The van der Waals surface area contributed by atoms with Crippen molar-refractivity contribution in [3.05, 3.63) is 65.0 Å². The number of ether oxygens (including phenoxy) is 1. The van der Waals surface area contributed by atoms with E-state index in [1.165, 1.54) is 23.3 Å². The Labute approximate surface area is 131 Å². The van der Waals surface area contributed by atoms with Crippen molar-refractivity contribution in [2.75, 3.05) is 0 Å². The number of nitrogens with one attached hydrogen (secondary N) is 1. The zero-order chi connectivity index (χ0) is 15.7. The van der Waals surface area contributed by atoms with Gasteiger partial charge in [0.25, 0.3) is 0 Å². The minimum atomic E-state index is -0.197. The van der Waals surface area contributed by atoms with E-state index in [1.807, 2.05) is 12.1 Å². The van der Waals surface area contributed by atoms with Gasteiger partial charge in [0.1, 0.15) is 17.2 Å². The van der Waals surface area contributed by atoms with Gasteiger partial charge in [0, 0.05) is 24.6 Å². The van der Waals surface area contributed by atoms with Gasteiger partial charge in [0.05, 0.1) is 0 Å². The molecule has 2 aromatic carbocycles. The summed E-state index contributed by atoms with van der Waals surface area (Å²) >= 11 is 0. The second-order valence-corrected chi connectivity index (χ2v) is 6.67. The second-order valence-electron chi connectivity index (χ2n) is 6.67. The van der Waals surface area contributed by atoms with Gasteiger partial charge in [-0.15, -0.1) is 0 Å². The molecule has 1 atom stereocenters. The first-order valence-corrected chi connectivity index (χ1v) is 7.70. The van der Waals surface area contributed by atoms with Gasteiger partial charge >= 0.3 is 0 Å². The summed E-state index contributed by atoms with van der Waals surface area (Å²) in [5, 5.41) is 3.59. The first kappa shape index (κ1) is 15.0. The number of fused-ring (bicyclic) bond motifs is 1. The molecule has 1 heterocycles. The van der Waals surface area contributed by atoms with E-state index in [9.17, 15) is 4.39 Å². The maximum atomic E-state index is 13.0. The van der Waals surface area contributed by atoms with E-state index in [2.05, 4.69) is 44.3 Å². The molecule has 22 heavy (non-hydrogen) atoms. The van der Waals surface area contributed by atoms with Crippen molar-refractivity contribution in [1.29, 1.82) is 0 Å². The summed E-state index contributed by atoms with van der Waals surface area (Å²) in [5.41, 5.74) is 3.29. The van der Waals surface area contributed by atoms with Crippen LogP contribution in [0, 0.1) is 12.7 Å². The van der Waals surface area contributed by atoms with Gasteiger partial charge in [0.15, 0.2) is 0 Å².